The molecule has 0 N–H and O–H groups in total. The van der Waals surface area contributed by atoms with E-state index in [1.807, 2.05) is 4.90 Å². The number of benzene rings is 1. The summed E-state index contributed by atoms with van der Waals surface area (Å²) in [6, 6.07) is 8.57. The van der Waals surface area contributed by atoms with Crippen molar-refractivity contribution in [2.24, 2.45) is 0 Å². The molecule has 8 heteroatoms. The minimum atomic E-state index is -3.24. The molecule has 2 heterocycles. The highest BCUT2D eigenvalue weighted by molar-refractivity contribution is 7.90. The molecule has 0 bridgehead atoms. The third-order valence-corrected chi connectivity index (χ3v) is 4.79. The van der Waals surface area contributed by atoms with E-state index in [1.54, 1.807) is 18.2 Å². The van der Waals surface area contributed by atoms with Crippen LogP contribution >= 0.6 is 11.6 Å². The topological polar surface area (TPSA) is 87.0 Å². The number of fused-ring (bicyclic) bond motifs is 1. The van der Waals surface area contributed by atoms with Gasteiger partial charge in [0.1, 0.15) is 6.07 Å². The lowest BCUT2D eigenvalue weighted by molar-refractivity contribution is 0.602. The summed E-state index contributed by atoms with van der Waals surface area (Å²) in [6.07, 6.45) is 1.18. The van der Waals surface area contributed by atoms with Crippen LogP contribution in [0, 0.1) is 11.3 Å². The van der Waals surface area contributed by atoms with Crippen molar-refractivity contribution in [3.8, 4) is 6.07 Å². The van der Waals surface area contributed by atoms with E-state index in [1.165, 1.54) is 12.3 Å². The van der Waals surface area contributed by atoms with Crippen molar-refractivity contribution in [3.05, 3.63) is 46.1 Å². The monoisotopic (exact) mass is 334 g/mol. The van der Waals surface area contributed by atoms with Crippen LogP contribution < -0.4 is 4.90 Å². The summed E-state index contributed by atoms with van der Waals surface area (Å²) < 4.78 is 23.3. The summed E-state index contributed by atoms with van der Waals surface area (Å²) in [5.74, 6) is 0.448. The van der Waals surface area contributed by atoms with Gasteiger partial charge in [0.15, 0.2) is 20.8 Å². The molecule has 6 nitrogen and oxygen atoms in total. The van der Waals surface area contributed by atoms with Gasteiger partial charge >= 0.3 is 0 Å². The van der Waals surface area contributed by atoms with Crippen LogP contribution in [0.1, 0.15) is 16.7 Å². The van der Waals surface area contributed by atoms with Crippen molar-refractivity contribution in [1.82, 2.24) is 10.2 Å². The van der Waals surface area contributed by atoms with Crippen LogP contribution in [-0.2, 0) is 22.9 Å². The normalized spacial score (nSPS) is 13.8. The summed E-state index contributed by atoms with van der Waals surface area (Å²) in [5, 5.41) is 17.1. The smallest absolute Gasteiger partial charge is 0.175 e. The number of nitrogens with zero attached hydrogens (tertiary/aromatic N) is 4. The SMILES string of the molecule is CS(=O)(=O)c1ccc2c(c1)CN(c1nnc(Cl)cc1C#N)C2. The predicted molar refractivity (Wildman–Crippen MR) is 81.2 cm³/mol. The minimum absolute atomic E-state index is 0.163. The van der Waals surface area contributed by atoms with Gasteiger partial charge in [-0.15, -0.1) is 10.2 Å². The predicted octanol–water partition coefficient (Wildman–Crippen LogP) is 1.93. The first-order valence-electron chi connectivity index (χ1n) is 6.38. The zero-order chi connectivity index (χ0) is 15.9. The zero-order valence-electron chi connectivity index (χ0n) is 11.6. The number of nitriles is 1. The van der Waals surface area contributed by atoms with Crippen molar-refractivity contribution in [2.75, 3.05) is 11.2 Å². The van der Waals surface area contributed by atoms with E-state index in [4.69, 9.17) is 11.6 Å². The molecule has 0 saturated carbocycles. The molecule has 0 atom stereocenters. The molecule has 0 aliphatic carbocycles. The maximum absolute atomic E-state index is 11.6. The van der Waals surface area contributed by atoms with Gasteiger partial charge in [-0.05, 0) is 29.3 Å². The van der Waals surface area contributed by atoms with Gasteiger partial charge in [0.05, 0.1) is 10.5 Å². The summed E-state index contributed by atoms with van der Waals surface area (Å²) in [5.41, 5.74) is 2.26. The fourth-order valence-electron chi connectivity index (χ4n) is 2.43. The number of rotatable bonds is 2. The van der Waals surface area contributed by atoms with Gasteiger partial charge in [-0.1, -0.05) is 17.7 Å². The number of aromatic nitrogens is 2. The fourth-order valence-corrected chi connectivity index (χ4v) is 3.25. The van der Waals surface area contributed by atoms with Gasteiger partial charge in [-0.2, -0.15) is 5.26 Å². The molecule has 3 rings (SSSR count). The van der Waals surface area contributed by atoms with E-state index < -0.39 is 9.84 Å². The minimum Gasteiger partial charge on any atom is -0.345 e. The van der Waals surface area contributed by atoms with E-state index in [9.17, 15) is 13.7 Å². The van der Waals surface area contributed by atoms with Crippen molar-refractivity contribution in [1.29, 1.82) is 5.26 Å². The average molecular weight is 335 g/mol. The van der Waals surface area contributed by atoms with Crippen molar-refractivity contribution in [2.45, 2.75) is 18.0 Å². The molecule has 0 saturated heterocycles. The Morgan fingerprint density at radius 3 is 2.64 bits per heavy atom. The maximum Gasteiger partial charge on any atom is 0.175 e. The van der Waals surface area contributed by atoms with E-state index in [0.717, 1.165) is 11.1 Å². The van der Waals surface area contributed by atoms with Crippen LogP contribution in [-0.4, -0.2) is 24.9 Å². The van der Waals surface area contributed by atoms with Gasteiger partial charge in [-0.3, -0.25) is 0 Å². The van der Waals surface area contributed by atoms with Gasteiger partial charge in [0.2, 0.25) is 0 Å². The van der Waals surface area contributed by atoms with Gasteiger partial charge in [0.25, 0.3) is 0 Å². The average Bonchev–Trinajstić information content (AvgIpc) is 2.88. The van der Waals surface area contributed by atoms with Crippen LogP contribution in [0.3, 0.4) is 0 Å². The lowest BCUT2D eigenvalue weighted by atomic mass is 10.1. The molecule has 112 valence electrons. The molecule has 0 radical (unpaired) electrons. The molecule has 0 spiro atoms. The lowest BCUT2D eigenvalue weighted by Gasteiger charge is -2.16. The van der Waals surface area contributed by atoms with Crippen LogP contribution in [0.4, 0.5) is 5.82 Å². The third-order valence-electron chi connectivity index (χ3n) is 3.49. The lowest BCUT2D eigenvalue weighted by Crippen LogP contribution is -2.18. The highest BCUT2D eigenvalue weighted by Gasteiger charge is 2.24. The first-order chi connectivity index (χ1) is 10.4. The number of hydrogen-bond donors (Lipinski definition) is 0. The van der Waals surface area contributed by atoms with Gasteiger partial charge in [0, 0.05) is 19.3 Å². The van der Waals surface area contributed by atoms with Gasteiger partial charge in [-0.25, -0.2) is 8.42 Å². The van der Waals surface area contributed by atoms with E-state index in [2.05, 4.69) is 16.3 Å². The highest BCUT2D eigenvalue weighted by atomic mass is 35.5. The Labute approximate surface area is 132 Å². The summed E-state index contributed by atoms with van der Waals surface area (Å²) in [4.78, 5) is 2.16. The Morgan fingerprint density at radius 2 is 1.95 bits per heavy atom. The molecule has 22 heavy (non-hydrogen) atoms. The molecule has 1 aromatic heterocycles. The summed E-state index contributed by atoms with van der Waals surface area (Å²) in [6.45, 7) is 1.02. The zero-order valence-corrected chi connectivity index (χ0v) is 13.2. The standard InChI is InChI=1S/C14H11ClN4O2S/c1-22(20,21)12-3-2-9-7-19(8-11(9)4-12)14-10(6-16)5-13(15)17-18-14/h2-5H,7-8H2,1H3. The Kier molecular flexibility index (Phi) is 3.51. The molecular formula is C14H11ClN4O2S. The first kappa shape index (κ1) is 14.8. The van der Waals surface area contributed by atoms with E-state index in [0.29, 0.717) is 24.5 Å². The number of sulfone groups is 1. The van der Waals surface area contributed by atoms with Crippen molar-refractivity contribution >= 4 is 27.3 Å². The number of anilines is 1. The second kappa shape index (κ2) is 5.23. The van der Waals surface area contributed by atoms with Crippen molar-refractivity contribution < 1.29 is 8.42 Å². The maximum atomic E-state index is 11.6. The fraction of sp³-hybridized carbons (Fsp3) is 0.214. The molecule has 1 aliphatic heterocycles. The molecule has 1 aliphatic rings. The van der Waals surface area contributed by atoms with E-state index >= 15 is 0 Å². The van der Waals surface area contributed by atoms with Crippen molar-refractivity contribution in [3.63, 3.8) is 0 Å². The molecular weight excluding hydrogens is 324 g/mol. The van der Waals surface area contributed by atoms with Crippen LogP contribution in [0.2, 0.25) is 5.15 Å². The second-order valence-electron chi connectivity index (χ2n) is 5.07. The van der Waals surface area contributed by atoms with Gasteiger partial charge < -0.3 is 4.90 Å². The quantitative estimate of drug-likeness (QED) is 0.834. The Bertz CT molecular complexity index is 906. The molecule has 1 aromatic carbocycles. The Balaban J connectivity index is 1.97. The Hall–Kier alpha value is -2.17. The van der Waals surface area contributed by atoms with Crippen LogP contribution in [0.25, 0.3) is 0 Å². The largest absolute Gasteiger partial charge is 0.345 e. The highest BCUT2D eigenvalue weighted by Crippen LogP contribution is 2.30. The molecule has 0 fully saturated rings. The molecule has 2 aromatic rings. The first-order valence-corrected chi connectivity index (χ1v) is 8.65. The summed E-state index contributed by atoms with van der Waals surface area (Å²) in [7, 11) is -3.24. The van der Waals surface area contributed by atoms with Crippen LogP contribution in [0.5, 0.6) is 0 Å². The third kappa shape index (κ3) is 2.63. The number of halogens is 1. The number of hydrogen-bond acceptors (Lipinski definition) is 6. The second-order valence-corrected chi connectivity index (χ2v) is 7.48. The van der Waals surface area contributed by atoms with Crippen LogP contribution in [0.15, 0.2) is 29.2 Å². The molecule has 0 unspecified atom stereocenters. The van der Waals surface area contributed by atoms with E-state index in [-0.39, 0.29) is 10.0 Å². The summed E-state index contributed by atoms with van der Waals surface area (Å²) >= 11 is 5.75. The Morgan fingerprint density at radius 1 is 1.23 bits per heavy atom. The molecule has 0 amide bonds.